The Balaban J connectivity index is 1.38. The van der Waals surface area contributed by atoms with Gasteiger partial charge in [-0.2, -0.15) is 0 Å². The van der Waals surface area contributed by atoms with E-state index in [9.17, 15) is 14.4 Å². The molecule has 10 nitrogen and oxygen atoms in total. The first kappa shape index (κ1) is 28.4. The van der Waals surface area contributed by atoms with Crippen molar-refractivity contribution in [2.75, 3.05) is 7.11 Å². The third-order valence-electron chi connectivity index (χ3n) is 8.14. The number of ether oxygens (including phenoxy) is 1. The fourth-order valence-electron chi connectivity index (χ4n) is 5.66. The van der Waals surface area contributed by atoms with Gasteiger partial charge in [0.25, 0.3) is 5.91 Å². The molecule has 10 heteroatoms. The number of aromatic nitrogens is 2. The quantitative estimate of drug-likeness (QED) is 0.114. The Morgan fingerprint density at radius 2 is 1.66 bits per heavy atom. The first-order valence-corrected chi connectivity index (χ1v) is 14.0. The Morgan fingerprint density at radius 1 is 0.909 bits per heavy atom. The van der Waals surface area contributed by atoms with E-state index in [1.807, 2.05) is 71.4 Å². The monoisotopic (exact) mass is 586 g/mol. The van der Waals surface area contributed by atoms with Gasteiger partial charge >= 0.3 is 12.0 Å². The van der Waals surface area contributed by atoms with Gasteiger partial charge < -0.3 is 19.9 Å². The van der Waals surface area contributed by atoms with Gasteiger partial charge in [-0.1, -0.05) is 48.5 Å². The summed E-state index contributed by atoms with van der Waals surface area (Å²) in [5.74, 6) is -0.886. The molecule has 5 aromatic rings. The van der Waals surface area contributed by atoms with Gasteiger partial charge in [0.2, 0.25) is 0 Å². The maximum atomic E-state index is 14.3. The van der Waals surface area contributed by atoms with E-state index in [1.54, 1.807) is 48.6 Å². The van der Waals surface area contributed by atoms with Crippen LogP contribution in [0.3, 0.4) is 0 Å². The molecule has 220 valence electrons. The van der Waals surface area contributed by atoms with Crippen molar-refractivity contribution < 1.29 is 19.1 Å². The summed E-state index contributed by atoms with van der Waals surface area (Å²) in [5.41, 5.74) is 8.26. The lowest BCUT2D eigenvalue weighted by Crippen LogP contribution is -2.44. The van der Waals surface area contributed by atoms with Gasteiger partial charge in [-0.3, -0.25) is 15.1 Å². The highest BCUT2D eigenvalue weighted by Gasteiger charge is 2.55. The van der Waals surface area contributed by atoms with Gasteiger partial charge in [0.05, 0.1) is 25.5 Å². The molecule has 0 bridgehead atoms. The number of amides is 3. The largest absolute Gasteiger partial charge is 0.465 e. The Morgan fingerprint density at radius 3 is 2.36 bits per heavy atom. The summed E-state index contributed by atoms with van der Waals surface area (Å²) < 4.78 is 6.73. The van der Waals surface area contributed by atoms with Crippen LogP contribution >= 0.6 is 0 Å². The number of benzene rings is 4. The molecule has 0 aliphatic carbocycles. The zero-order valence-electron chi connectivity index (χ0n) is 24.2. The van der Waals surface area contributed by atoms with E-state index in [2.05, 4.69) is 4.98 Å². The SMILES string of the molecule is COC(=O)c1cccc(CN2C(=O)N(Cc3ccc4ccc(C(=N)N)cc4c3)C(=O)C2(C)c2ccc(-n3ccnc3)cc2)c1. The molecule has 0 spiro atoms. The lowest BCUT2D eigenvalue weighted by molar-refractivity contribution is -0.133. The lowest BCUT2D eigenvalue weighted by atomic mass is 9.89. The number of imidazole rings is 1. The van der Waals surface area contributed by atoms with Crippen molar-refractivity contribution in [1.82, 2.24) is 19.4 Å². The van der Waals surface area contributed by atoms with Crippen molar-refractivity contribution in [1.29, 1.82) is 5.41 Å². The van der Waals surface area contributed by atoms with Gasteiger partial charge in [-0.05, 0) is 70.8 Å². The Hall–Kier alpha value is -5.77. The third-order valence-corrected chi connectivity index (χ3v) is 8.14. The predicted molar refractivity (Wildman–Crippen MR) is 165 cm³/mol. The number of urea groups is 1. The van der Waals surface area contributed by atoms with Crippen molar-refractivity contribution >= 4 is 34.5 Å². The average molecular weight is 587 g/mol. The molecule has 1 fully saturated rings. The van der Waals surface area contributed by atoms with Gasteiger partial charge in [-0.25, -0.2) is 14.6 Å². The van der Waals surface area contributed by atoms with Crippen LogP contribution in [0, 0.1) is 5.41 Å². The van der Waals surface area contributed by atoms with Crippen LogP contribution in [0.5, 0.6) is 0 Å². The Labute approximate surface area is 253 Å². The summed E-state index contributed by atoms with van der Waals surface area (Å²) in [7, 11) is 1.31. The number of rotatable bonds is 8. The first-order valence-electron chi connectivity index (χ1n) is 14.0. The van der Waals surface area contributed by atoms with E-state index in [0.717, 1.165) is 22.0 Å². The maximum Gasteiger partial charge on any atom is 0.337 e. The molecule has 0 saturated carbocycles. The second kappa shape index (κ2) is 11.1. The van der Waals surface area contributed by atoms with Gasteiger partial charge in [0.1, 0.15) is 11.4 Å². The molecule has 1 aliphatic heterocycles. The highest BCUT2D eigenvalue weighted by atomic mass is 16.5. The minimum Gasteiger partial charge on any atom is -0.465 e. The maximum absolute atomic E-state index is 14.3. The van der Waals surface area contributed by atoms with Crippen molar-refractivity contribution in [3.63, 3.8) is 0 Å². The van der Waals surface area contributed by atoms with Gasteiger partial charge in [0.15, 0.2) is 0 Å². The molecule has 1 unspecified atom stereocenters. The van der Waals surface area contributed by atoms with Crippen LogP contribution in [0.4, 0.5) is 4.79 Å². The molecule has 1 aliphatic rings. The van der Waals surface area contributed by atoms with Crippen molar-refractivity contribution in [3.05, 3.63) is 131 Å². The number of hydrogen-bond donors (Lipinski definition) is 2. The number of carbonyl (C=O) groups excluding carboxylic acids is 3. The van der Waals surface area contributed by atoms with E-state index in [4.69, 9.17) is 15.9 Å². The van der Waals surface area contributed by atoms with Gasteiger partial charge in [0, 0.05) is 30.2 Å². The van der Waals surface area contributed by atoms with Crippen LogP contribution in [0.2, 0.25) is 0 Å². The van der Waals surface area contributed by atoms with E-state index in [-0.39, 0.29) is 24.8 Å². The van der Waals surface area contributed by atoms with Crippen LogP contribution in [-0.2, 0) is 28.2 Å². The third kappa shape index (κ3) is 4.96. The molecular formula is C34H30N6O4. The second-order valence-corrected chi connectivity index (χ2v) is 10.9. The number of nitrogens with one attached hydrogen (secondary N) is 1. The minimum atomic E-state index is -1.33. The second-order valence-electron chi connectivity index (χ2n) is 10.9. The highest BCUT2D eigenvalue weighted by molar-refractivity contribution is 6.07. The summed E-state index contributed by atoms with van der Waals surface area (Å²) in [6.07, 6.45) is 5.20. The number of fused-ring (bicyclic) bond motifs is 1. The zero-order chi connectivity index (χ0) is 31.0. The number of carbonyl (C=O) groups is 3. The van der Waals surface area contributed by atoms with E-state index >= 15 is 0 Å². The Bertz CT molecular complexity index is 1920. The summed E-state index contributed by atoms with van der Waals surface area (Å²) in [6.45, 7) is 1.90. The van der Waals surface area contributed by atoms with E-state index in [0.29, 0.717) is 22.3 Å². The Kier molecular flexibility index (Phi) is 7.18. The molecule has 1 saturated heterocycles. The number of hydrogen-bond acceptors (Lipinski definition) is 6. The van der Waals surface area contributed by atoms with Crippen LogP contribution in [0.15, 0.2) is 104 Å². The smallest absolute Gasteiger partial charge is 0.337 e. The van der Waals surface area contributed by atoms with Crippen LogP contribution in [0.25, 0.3) is 16.5 Å². The van der Waals surface area contributed by atoms with Crippen molar-refractivity contribution in [2.24, 2.45) is 5.73 Å². The minimum absolute atomic E-state index is 0.0380. The van der Waals surface area contributed by atoms with Crippen LogP contribution < -0.4 is 5.73 Å². The summed E-state index contributed by atoms with van der Waals surface area (Å²) in [4.78, 5) is 47.6. The molecule has 2 heterocycles. The molecule has 6 rings (SSSR count). The van der Waals surface area contributed by atoms with E-state index in [1.165, 1.54) is 12.0 Å². The standard InChI is InChI=1S/C34H30N6O4/c1-34(28-10-12-29(13-11-28)38-15-14-37-21-38)32(42)39(19-23-6-7-24-8-9-25(30(35)36)18-27(24)17-23)33(43)40(34)20-22-4-3-5-26(16-22)31(41)44-2/h3-18,21H,19-20H2,1-2H3,(H3,35,36). The topological polar surface area (TPSA) is 135 Å². The molecule has 1 atom stereocenters. The number of nitrogens with two attached hydrogens (primary N) is 1. The van der Waals surface area contributed by atoms with Crippen LogP contribution in [-0.4, -0.2) is 50.2 Å². The molecule has 44 heavy (non-hydrogen) atoms. The molecule has 3 N–H and O–H groups in total. The molecule has 0 radical (unpaired) electrons. The van der Waals surface area contributed by atoms with E-state index < -0.39 is 17.5 Å². The fraction of sp³-hybridized carbons (Fsp3) is 0.147. The first-order chi connectivity index (χ1) is 21.2. The molecule has 1 aromatic heterocycles. The normalized spacial score (nSPS) is 16.5. The lowest BCUT2D eigenvalue weighted by Gasteiger charge is -2.32. The predicted octanol–water partition coefficient (Wildman–Crippen LogP) is 4.98. The summed E-state index contributed by atoms with van der Waals surface area (Å²) in [6, 6.07) is 25.1. The zero-order valence-corrected chi connectivity index (χ0v) is 24.2. The number of nitrogens with zero attached hydrogens (tertiary/aromatic N) is 4. The number of methoxy groups -OCH3 is 1. The number of imide groups is 1. The van der Waals surface area contributed by atoms with Crippen molar-refractivity contribution in [2.45, 2.75) is 25.6 Å². The highest BCUT2D eigenvalue weighted by Crippen LogP contribution is 2.39. The number of amidine groups is 1. The van der Waals surface area contributed by atoms with Crippen LogP contribution in [0.1, 0.15) is 39.5 Å². The van der Waals surface area contributed by atoms with Crippen molar-refractivity contribution in [3.8, 4) is 5.69 Å². The number of nitrogen functional groups attached to an aromatic ring is 1. The number of esters is 1. The van der Waals surface area contributed by atoms with Gasteiger partial charge in [-0.15, -0.1) is 0 Å². The molecular weight excluding hydrogens is 556 g/mol. The average Bonchev–Trinajstić information content (AvgIpc) is 3.65. The molecule has 3 amide bonds. The summed E-state index contributed by atoms with van der Waals surface area (Å²) >= 11 is 0. The fourth-order valence-corrected chi connectivity index (χ4v) is 5.66. The molecule has 4 aromatic carbocycles. The summed E-state index contributed by atoms with van der Waals surface area (Å²) in [5, 5.41) is 9.59.